The highest BCUT2D eigenvalue weighted by atomic mass is 79.9. The average molecular weight is 356 g/mol. The number of benzene rings is 1. The van der Waals surface area contributed by atoms with Crippen molar-refractivity contribution in [3.63, 3.8) is 0 Å². The monoisotopic (exact) mass is 355 g/mol. The van der Waals surface area contributed by atoms with E-state index in [4.69, 9.17) is 9.47 Å². The van der Waals surface area contributed by atoms with E-state index in [1.807, 2.05) is 17.0 Å². The molecule has 1 fully saturated rings. The fraction of sp³-hybridized carbons (Fsp3) is 0.533. The third kappa shape index (κ3) is 3.16. The van der Waals surface area contributed by atoms with Gasteiger partial charge in [-0.25, -0.2) is 0 Å². The van der Waals surface area contributed by atoms with Crippen molar-refractivity contribution in [2.45, 2.75) is 31.8 Å². The normalized spacial score (nSPS) is 22.0. The maximum absolute atomic E-state index is 11.3. The molecule has 0 spiro atoms. The van der Waals surface area contributed by atoms with E-state index in [0.29, 0.717) is 19.8 Å². The van der Waals surface area contributed by atoms with Gasteiger partial charge >= 0.3 is 5.97 Å². The number of carbonyl (C=O) groups is 1. The van der Waals surface area contributed by atoms with Crippen molar-refractivity contribution in [1.29, 1.82) is 0 Å². The van der Waals surface area contributed by atoms with Crippen LogP contribution in [0.2, 0.25) is 0 Å². The highest BCUT2D eigenvalue weighted by Crippen LogP contribution is 2.36. The Morgan fingerprint density at radius 3 is 2.71 bits per heavy atom. The van der Waals surface area contributed by atoms with Gasteiger partial charge in [-0.05, 0) is 37.1 Å². The third-order valence-corrected chi connectivity index (χ3v) is 4.68. The smallest absolute Gasteiger partial charge is 0.320 e. The van der Waals surface area contributed by atoms with Gasteiger partial charge in [0.25, 0.3) is 0 Å². The molecule has 2 heterocycles. The topological polar surface area (TPSA) is 59.0 Å². The maximum atomic E-state index is 11.3. The molecule has 1 saturated heterocycles. The molecule has 1 aromatic rings. The molecule has 21 heavy (non-hydrogen) atoms. The van der Waals surface area contributed by atoms with Crippen molar-refractivity contribution < 1.29 is 19.4 Å². The molecule has 0 amide bonds. The molecule has 0 aromatic heterocycles. The lowest BCUT2D eigenvalue weighted by Crippen LogP contribution is -2.35. The van der Waals surface area contributed by atoms with Gasteiger partial charge in [0.2, 0.25) is 0 Å². The van der Waals surface area contributed by atoms with E-state index in [0.717, 1.165) is 47.3 Å². The zero-order valence-electron chi connectivity index (χ0n) is 11.7. The predicted octanol–water partition coefficient (Wildman–Crippen LogP) is 2.66. The predicted molar refractivity (Wildman–Crippen MR) is 80.8 cm³/mol. The number of aliphatic carboxylic acids is 1. The highest BCUT2D eigenvalue weighted by molar-refractivity contribution is 9.10. The second kappa shape index (κ2) is 6.23. The van der Waals surface area contributed by atoms with Gasteiger partial charge in [-0.3, -0.25) is 9.69 Å². The van der Waals surface area contributed by atoms with Crippen molar-refractivity contribution >= 4 is 21.9 Å². The molecule has 1 unspecified atom stereocenters. The molecule has 0 aliphatic carbocycles. The van der Waals surface area contributed by atoms with Crippen LogP contribution in [-0.4, -0.2) is 41.8 Å². The lowest BCUT2D eigenvalue weighted by atomic mass is 10.1. The van der Waals surface area contributed by atoms with Crippen molar-refractivity contribution in [3.05, 3.63) is 22.2 Å². The minimum Gasteiger partial charge on any atom is -0.490 e. The Bertz CT molecular complexity index is 549. The second-order valence-corrected chi connectivity index (χ2v) is 6.26. The molecule has 2 aliphatic rings. The molecule has 1 N–H and O–H groups in total. The summed E-state index contributed by atoms with van der Waals surface area (Å²) >= 11 is 3.56. The first-order valence-electron chi connectivity index (χ1n) is 7.20. The van der Waals surface area contributed by atoms with Crippen LogP contribution in [-0.2, 0) is 11.3 Å². The molecule has 2 aliphatic heterocycles. The Kier molecular flexibility index (Phi) is 4.35. The van der Waals surface area contributed by atoms with E-state index in [1.54, 1.807) is 0 Å². The summed E-state index contributed by atoms with van der Waals surface area (Å²) in [5.74, 6) is 0.758. The minimum absolute atomic E-state index is 0.382. The van der Waals surface area contributed by atoms with Crippen LogP contribution in [0.1, 0.15) is 24.8 Å². The molecule has 3 rings (SSSR count). The Labute approximate surface area is 132 Å². The molecule has 0 saturated carbocycles. The van der Waals surface area contributed by atoms with Crippen LogP contribution in [0.5, 0.6) is 11.5 Å². The van der Waals surface area contributed by atoms with E-state index >= 15 is 0 Å². The first-order chi connectivity index (χ1) is 10.1. The second-order valence-electron chi connectivity index (χ2n) is 5.41. The van der Waals surface area contributed by atoms with Crippen LogP contribution in [0.15, 0.2) is 16.6 Å². The third-order valence-electron chi connectivity index (χ3n) is 3.94. The quantitative estimate of drug-likeness (QED) is 0.903. The minimum atomic E-state index is -0.738. The standard InChI is InChI=1S/C15H18BrNO4/c16-11-8-14-13(20-5-2-6-21-14)7-10(11)9-17-4-1-3-12(17)15(18)19/h7-8,12H,1-6,9H2,(H,18,19). The van der Waals surface area contributed by atoms with Gasteiger partial charge in [-0.1, -0.05) is 15.9 Å². The highest BCUT2D eigenvalue weighted by Gasteiger charge is 2.31. The molecule has 0 bridgehead atoms. The van der Waals surface area contributed by atoms with Crippen LogP contribution >= 0.6 is 15.9 Å². The van der Waals surface area contributed by atoms with Crippen LogP contribution in [0.4, 0.5) is 0 Å². The molecule has 0 radical (unpaired) electrons. The SMILES string of the molecule is O=C(O)C1CCCN1Cc1cc2c(cc1Br)OCCCO2. The zero-order valence-corrected chi connectivity index (χ0v) is 13.3. The molecule has 5 nitrogen and oxygen atoms in total. The average Bonchev–Trinajstić information content (AvgIpc) is 2.79. The number of hydrogen-bond acceptors (Lipinski definition) is 4. The van der Waals surface area contributed by atoms with E-state index < -0.39 is 5.97 Å². The Balaban J connectivity index is 1.82. The number of rotatable bonds is 3. The number of carboxylic acids is 1. The molecule has 1 aromatic carbocycles. The van der Waals surface area contributed by atoms with E-state index in [9.17, 15) is 9.90 Å². The van der Waals surface area contributed by atoms with Gasteiger partial charge in [0.1, 0.15) is 6.04 Å². The van der Waals surface area contributed by atoms with Gasteiger partial charge in [-0.2, -0.15) is 0 Å². The Morgan fingerprint density at radius 2 is 2.00 bits per heavy atom. The fourth-order valence-corrected chi connectivity index (χ4v) is 3.31. The fourth-order valence-electron chi connectivity index (χ4n) is 2.86. The summed E-state index contributed by atoms with van der Waals surface area (Å²) < 4.78 is 12.3. The summed E-state index contributed by atoms with van der Waals surface area (Å²) in [6, 6.07) is 3.50. The molecule has 1 atom stereocenters. The first kappa shape index (κ1) is 14.7. The zero-order chi connectivity index (χ0) is 14.8. The lowest BCUT2D eigenvalue weighted by Gasteiger charge is -2.22. The summed E-state index contributed by atoms with van der Waals surface area (Å²) in [5, 5.41) is 9.26. The van der Waals surface area contributed by atoms with E-state index in [-0.39, 0.29) is 6.04 Å². The van der Waals surface area contributed by atoms with Gasteiger partial charge in [0.15, 0.2) is 11.5 Å². The van der Waals surface area contributed by atoms with Crippen LogP contribution < -0.4 is 9.47 Å². The van der Waals surface area contributed by atoms with Crippen LogP contribution in [0.25, 0.3) is 0 Å². The van der Waals surface area contributed by atoms with Gasteiger partial charge < -0.3 is 14.6 Å². The van der Waals surface area contributed by atoms with Crippen LogP contribution in [0.3, 0.4) is 0 Å². The summed E-state index contributed by atoms with van der Waals surface area (Å²) in [6.45, 7) is 2.73. The van der Waals surface area contributed by atoms with Crippen molar-refractivity contribution in [3.8, 4) is 11.5 Å². The van der Waals surface area contributed by atoms with Crippen molar-refractivity contribution in [2.75, 3.05) is 19.8 Å². The van der Waals surface area contributed by atoms with Crippen molar-refractivity contribution in [2.24, 2.45) is 0 Å². The van der Waals surface area contributed by atoms with Gasteiger partial charge in [0, 0.05) is 17.4 Å². The van der Waals surface area contributed by atoms with Crippen molar-refractivity contribution in [1.82, 2.24) is 4.90 Å². The van der Waals surface area contributed by atoms with E-state index in [2.05, 4.69) is 15.9 Å². The number of likely N-dealkylation sites (tertiary alicyclic amines) is 1. The summed E-state index contributed by atoms with van der Waals surface area (Å²) in [5.41, 5.74) is 1.03. The largest absolute Gasteiger partial charge is 0.490 e. The molecular weight excluding hydrogens is 338 g/mol. The number of hydrogen-bond donors (Lipinski definition) is 1. The van der Waals surface area contributed by atoms with Gasteiger partial charge in [0.05, 0.1) is 13.2 Å². The molecular formula is C15H18BrNO4. The number of halogens is 1. The number of fused-ring (bicyclic) bond motifs is 1. The lowest BCUT2D eigenvalue weighted by molar-refractivity contribution is -0.142. The number of carboxylic acid groups (broad SMARTS) is 1. The summed E-state index contributed by atoms with van der Waals surface area (Å²) in [6.07, 6.45) is 2.52. The maximum Gasteiger partial charge on any atom is 0.320 e. The first-order valence-corrected chi connectivity index (χ1v) is 7.99. The summed E-state index contributed by atoms with van der Waals surface area (Å²) in [4.78, 5) is 13.3. The molecule has 114 valence electrons. The Morgan fingerprint density at radius 1 is 1.29 bits per heavy atom. The van der Waals surface area contributed by atoms with Gasteiger partial charge in [-0.15, -0.1) is 0 Å². The summed E-state index contributed by atoms with van der Waals surface area (Å²) in [7, 11) is 0. The van der Waals surface area contributed by atoms with Crippen LogP contribution in [0, 0.1) is 0 Å². The Hall–Kier alpha value is -1.27. The molecule has 6 heteroatoms. The number of ether oxygens (including phenoxy) is 2. The number of nitrogens with zero attached hydrogens (tertiary/aromatic N) is 1. The van der Waals surface area contributed by atoms with E-state index in [1.165, 1.54) is 0 Å².